The van der Waals surface area contributed by atoms with Gasteiger partial charge in [0.1, 0.15) is 15.5 Å². The van der Waals surface area contributed by atoms with Gasteiger partial charge in [0.2, 0.25) is 0 Å². The molecule has 1 aliphatic rings. The summed E-state index contributed by atoms with van der Waals surface area (Å²) in [5.41, 5.74) is 0.457. The molecule has 2 aromatic rings. The molecule has 0 unspecified atom stereocenters. The molecule has 1 N–H and O–H groups in total. The number of rotatable bonds is 5. The van der Waals surface area contributed by atoms with Crippen LogP contribution >= 0.6 is 11.3 Å². The highest BCUT2D eigenvalue weighted by Gasteiger charge is 2.28. The molecule has 0 spiro atoms. The Kier molecular flexibility index (Phi) is 4.73. The highest BCUT2D eigenvalue weighted by atomic mass is 32.1. The number of carbonyl (C=O) groups excluding carboxylic acids is 1. The average molecular weight is 349 g/mol. The van der Waals surface area contributed by atoms with Crippen LogP contribution in [0.2, 0.25) is 0 Å². The van der Waals surface area contributed by atoms with E-state index in [4.69, 9.17) is 4.74 Å². The van der Waals surface area contributed by atoms with Crippen molar-refractivity contribution in [3.63, 3.8) is 0 Å². The third-order valence-corrected chi connectivity index (χ3v) is 5.93. The summed E-state index contributed by atoms with van der Waals surface area (Å²) in [7, 11) is 1.34. The number of fused-ring (bicyclic) bond motifs is 1. The highest BCUT2D eigenvalue weighted by molar-refractivity contribution is 7.20. The number of nitrogens with zero attached hydrogens (tertiary/aromatic N) is 2. The van der Waals surface area contributed by atoms with Gasteiger partial charge in [-0.2, -0.15) is 0 Å². The Bertz CT molecular complexity index is 820. The van der Waals surface area contributed by atoms with Crippen LogP contribution in [0.3, 0.4) is 0 Å². The minimum Gasteiger partial charge on any atom is -0.465 e. The molecule has 0 bridgehead atoms. The van der Waals surface area contributed by atoms with Crippen LogP contribution in [0.5, 0.6) is 0 Å². The fraction of sp³-hybridized carbons (Fsp3) is 0.588. The number of H-pyrrole nitrogens is 1. The van der Waals surface area contributed by atoms with Gasteiger partial charge in [0.05, 0.1) is 19.0 Å². The van der Waals surface area contributed by atoms with Gasteiger partial charge in [-0.1, -0.05) is 6.42 Å². The molecule has 0 radical (unpaired) electrons. The van der Waals surface area contributed by atoms with E-state index in [1.165, 1.54) is 37.7 Å². The third-order valence-electron chi connectivity index (χ3n) is 4.76. The van der Waals surface area contributed by atoms with Crippen molar-refractivity contribution in [1.29, 1.82) is 0 Å². The van der Waals surface area contributed by atoms with E-state index in [1.807, 2.05) is 0 Å². The Morgan fingerprint density at radius 3 is 2.71 bits per heavy atom. The summed E-state index contributed by atoms with van der Waals surface area (Å²) in [5, 5.41) is 0.490. The first-order valence-corrected chi connectivity index (χ1v) is 9.10. The lowest BCUT2D eigenvalue weighted by Crippen LogP contribution is -2.44. The SMILES string of the molecule is COC(=O)c1sc2nc(CN(C(C)C)C3CCC3)[nH]c(=O)c2c1C. The largest absolute Gasteiger partial charge is 0.465 e. The van der Waals surface area contributed by atoms with E-state index < -0.39 is 5.97 Å². The van der Waals surface area contributed by atoms with Crippen molar-refractivity contribution in [2.75, 3.05) is 7.11 Å². The molecule has 1 fully saturated rings. The number of hydrogen-bond acceptors (Lipinski definition) is 6. The lowest BCUT2D eigenvalue weighted by atomic mass is 9.90. The second kappa shape index (κ2) is 6.64. The smallest absolute Gasteiger partial charge is 0.348 e. The maximum atomic E-state index is 12.5. The number of ether oxygens (including phenoxy) is 1. The highest BCUT2D eigenvalue weighted by Crippen LogP contribution is 2.29. The fourth-order valence-electron chi connectivity index (χ4n) is 3.18. The maximum Gasteiger partial charge on any atom is 0.348 e. The number of nitrogens with one attached hydrogen (secondary N) is 1. The van der Waals surface area contributed by atoms with Gasteiger partial charge in [0.15, 0.2) is 0 Å². The number of aromatic amines is 1. The Labute approximate surface area is 144 Å². The molecule has 0 aromatic carbocycles. The standard InChI is InChI=1S/C17H23N3O3S/c1-9(2)20(11-6-5-7-11)8-12-18-15(21)13-10(3)14(17(22)23-4)24-16(13)19-12/h9,11H,5-8H2,1-4H3,(H,18,19,21). The number of hydrogen-bond donors (Lipinski definition) is 1. The van der Waals surface area contributed by atoms with Crippen molar-refractivity contribution in [2.24, 2.45) is 0 Å². The molecule has 7 heteroatoms. The zero-order valence-corrected chi connectivity index (χ0v) is 15.3. The molecule has 2 heterocycles. The number of esters is 1. The van der Waals surface area contributed by atoms with Gasteiger partial charge in [0.25, 0.3) is 5.56 Å². The first-order valence-electron chi connectivity index (χ1n) is 8.28. The zero-order chi connectivity index (χ0) is 17.4. The van der Waals surface area contributed by atoms with Crippen LogP contribution in [-0.4, -0.2) is 40.0 Å². The van der Waals surface area contributed by atoms with Crippen molar-refractivity contribution in [3.05, 3.63) is 26.6 Å². The van der Waals surface area contributed by atoms with Crippen molar-refractivity contribution < 1.29 is 9.53 Å². The van der Waals surface area contributed by atoms with E-state index in [9.17, 15) is 9.59 Å². The molecule has 0 atom stereocenters. The van der Waals surface area contributed by atoms with Gasteiger partial charge in [-0.15, -0.1) is 11.3 Å². The first kappa shape index (κ1) is 17.1. The topological polar surface area (TPSA) is 75.3 Å². The van der Waals surface area contributed by atoms with E-state index in [1.54, 1.807) is 6.92 Å². The number of methoxy groups -OCH3 is 1. The number of carbonyl (C=O) groups is 1. The minimum absolute atomic E-state index is 0.184. The fourth-order valence-corrected chi connectivity index (χ4v) is 4.29. The Hall–Kier alpha value is -1.73. The van der Waals surface area contributed by atoms with E-state index in [2.05, 4.69) is 28.7 Å². The molecule has 1 saturated carbocycles. The lowest BCUT2D eigenvalue weighted by molar-refractivity contribution is 0.0605. The van der Waals surface area contributed by atoms with Crippen LogP contribution in [0.25, 0.3) is 10.2 Å². The first-order chi connectivity index (χ1) is 11.4. The summed E-state index contributed by atoms with van der Waals surface area (Å²) >= 11 is 1.22. The van der Waals surface area contributed by atoms with Gasteiger partial charge >= 0.3 is 5.97 Å². The number of aryl methyl sites for hydroxylation is 1. The number of aromatic nitrogens is 2. The average Bonchev–Trinajstić information content (AvgIpc) is 2.81. The van der Waals surface area contributed by atoms with Gasteiger partial charge in [-0.25, -0.2) is 9.78 Å². The summed E-state index contributed by atoms with van der Waals surface area (Å²) in [6, 6.07) is 0.966. The molecular weight excluding hydrogens is 326 g/mol. The van der Waals surface area contributed by atoms with E-state index in [0.29, 0.717) is 45.1 Å². The summed E-state index contributed by atoms with van der Waals surface area (Å²) in [5.74, 6) is 0.237. The summed E-state index contributed by atoms with van der Waals surface area (Å²) in [6.07, 6.45) is 3.67. The zero-order valence-electron chi connectivity index (χ0n) is 14.5. The molecule has 0 saturated heterocycles. The lowest BCUT2D eigenvalue weighted by Gasteiger charge is -2.39. The van der Waals surface area contributed by atoms with Crippen molar-refractivity contribution >= 4 is 27.5 Å². The molecule has 0 amide bonds. The summed E-state index contributed by atoms with van der Waals surface area (Å²) < 4.78 is 4.79. The van der Waals surface area contributed by atoms with Crippen molar-refractivity contribution in [1.82, 2.24) is 14.9 Å². The van der Waals surface area contributed by atoms with Crippen LogP contribution in [0.4, 0.5) is 0 Å². The van der Waals surface area contributed by atoms with E-state index >= 15 is 0 Å². The molecular formula is C17H23N3O3S. The maximum absolute atomic E-state index is 12.5. The number of thiophene rings is 1. The van der Waals surface area contributed by atoms with Crippen LogP contribution in [-0.2, 0) is 11.3 Å². The quantitative estimate of drug-likeness (QED) is 0.840. The van der Waals surface area contributed by atoms with Gasteiger partial charge in [0, 0.05) is 12.1 Å². The molecule has 24 heavy (non-hydrogen) atoms. The molecule has 6 nitrogen and oxygen atoms in total. The predicted molar refractivity (Wildman–Crippen MR) is 94.6 cm³/mol. The Balaban J connectivity index is 1.98. The molecule has 130 valence electrons. The van der Waals surface area contributed by atoms with Crippen LogP contribution in [0, 0.1) is 6.92 Å². The van der Waals surface area contributed by atoms with E-state index in [0.717, 1.165) is 0 Å². The second-order valence-electron chi connectivity index (χ2n) is 6.59. The van der Waals surface area contributed by atoms with E-state index in [-0.39, 0.29) is 5.56 Å². The van der Waals surface area contributed by atoms with Crippen LogP contribution in [0.1, 0.15) is 54.2 Å². The second-order valence-corrected chi connectivity index (χ2v) is 7.59. The van der Waals surface area contributed by atoms with Crippen LogP contribution < -0.4 is 5.56 Å². The summed E-state index contributed by atoms with van der Waals surface area (Å²) in [4.78, 5) is 35.3. The normalized spacial score (nSPS) is 15.2. The minimum atomic E-state index is -0.422. The Morgan fingerprint density at radius 1 is 1.46 bits per heavy atom. The predicted octanol–water partition coefficient (Wildman–Crippen LogP) is 2.84. The summed E-state index contributed by atoms with van der Waals surface area (Å²) in [6.45, 7) is 6.72. The third kappa shape index (κ3) is 2.98. The Morgan fingerprint density at radius 2 is 2.17 bits per heavy atom. The molecule has 0 aliphatic heterocycles. The van der Waals surface area contributed by atoms with Gasteiger partial charge in [-0.05, 0) is 39.2 Å². The molecule has 2 aromatic heterocycles. The van der Waals surface area contributed by atoms with Gasteiger partial charge in [-0.3, -0.25) is 9.69 Å². The monoisotopic (exact) mass is 349 g/mol. The van der Waals surface area contributed by atoms with Crippen LogP contribution in [0.15, 0.2) is 4.79 Å². The molecule has 3 rings (SSSR count). The van der Waals surface area contributed by atoms with Crippen molar-refractivity contribution in [2.45, 2.75) is 58.7 Å². The molecule has 1 aliphatic carbocycles. The van der Waals surface area contributed by atoms with Crippen molar-refractivity contribution in [3.8, 4) is 0 Å². The van der Waals surface area contributed by atoms with Gasteiger partial charge < -0.3 is 9.72 Å².